The monoisotopic (exact) mass is 271 g/mol. The van der Waals surface area contributed by atoms with Crippen LogP contribution in [-0.2, 0) is 0 Å². The molecule has 2 rings (SSSR count). The highest BCUT2D eigenvalue weighted by Gasteiger charge is 2.26. The van der Waals surface area contributed by atoms with Crippen LogP contribution in [0.4, 0.5) is 5.82 Å². The lowest BCUT2D eigenvalue weighted by atomic mass is 9.95. The lowest BCUT2D eigenvalue weighted by Gasteiger charge is -2.27. The first kappa shape index (κ1) is 12.9. The first-order valence-electron chi connectivity index (χ1n) is 5.86. The Morgan fingerprint density at radius 2 is 2.17 bits per heavy atom. The smallest absolute Gasteiger partial charge is 0.321 e. The average Bonchev–Trinajstić information content (AvgIpc) is 2.81. The summed E-state index contributed by atoms with van der Waals surface area (Å²) in [5.74, 6) is -0.535. The van der Waals surface area contributed by atoms with Crippen molar-refractivity contribution in [2.75, 3.05) is 0 Å². The number of rotatable bonds is 3. The third-order valence-corrected chi connectivity index (χ3v) is 3.63. The van der Waals surface area contributed by atoms with Crippen LogP contribution in [-0.4, -0.2) is 27.2 Å². The molecule has 1 aromatic rings. The number of halogens is 1. The molecule has 6 nitrogen and oxygen atoms in total. The van der Waals surface area contributed by atoms with E-state index in [1.807, 2.05) is 0 Å². The number of aromatic nitrogens is 1. The molecule has 2 unspecified atom stereocenters. The average molecular weight is 272 g/mol. The molecule has 1 aromatic heterocycles. The highest BCUT2D eigenvalue weighted by atomic mass is 35.5. The first-order valence-corrected chi connectivity index (χ1v) is 6.30. The second-order valence-corrected chi connectivity index (χ2v) is 4.96. The number of alkyl halides is 1. The van der Waals surface area contributed by atoms with Crippen LogP contribution in [0.2, 0.25) is 0 Å². The van der Waals surface area contributed by atoms with Gasteiger partial charge in [0.25, 0.3) is 5.91 Å². The van der Waals surface area contributed by atoms with Crippen molar-refractivity contribution in [3.8, 4) is 0 Å². The maximum absolute atomic E-state index is 11.9. The van der Waals surface area contributed by atoms with Gasteiger partial charge in [0, 0.05) is 12.1 Å². The van der Waals surface area contributed by atoms with Crippen LogP contribution < -0.4 is 5.32 Å². The van der Waals surface area contributed by atoms with E-state index < -0.39 is 4.92 Å². The Balaban J connectivity index is 2.00. The van der Waals surface area contributed by atoms with Crippen LogP contribution in [0.15, 0.2) is 12.1 Å². The molecule has 7 heteroatoms. The van der Waals surface area contributed by atoms with Crippen molar-refractivity contribution in [2.45, 2.75) is 37.1 Å². The largest absolute Gasteiger partial charge is 0.358 e. The van der Waals surface area contributed by atoms with E-state index >= 15 is 0 Å². The Bertz CT molecular complexity index is 460. The second-order valence-electron chi connectivity index (χ2n) is 4.39. The van der Waals surface area contributed by atoms with Crippen molar-refractivity contribution < 1.29 is 9.72 Å². The number of carbonyl (C=O) groups excluding carboxylic acids is 1. The predicted octanol–water partition coefficient (Wildman–Crippen LogP) is 2.20. The van der Waals surface area contributed by atoms with E-state index in [1.165, 1.54) is 12.1 Å². The molecule has 1 saturated carbocycles. The molecular weight excluding hydrogens is 258 g/mol. The van der Waals surface area contributed by atoms with Crippen molar-refractivity contribution in [2.24, 2.45) is 0 Å². The fraction of sp³-hybridized carbons (Fsp3) is 0.545. The fourth-order valence-corrected chi connectivity index (χ4v) is 2.46. The number of nitrogens with zero attached hydrogens (tertiary/aromatic N) is 1. The van der Waals surface area contributed by atoms with E-state index in [2.05, 4.69) is 10.3 Å². The van der Waals surface area contributed by atoms with Gasteiger partial charge in [0.05, 0.1) is 5.38 Å². The molecule has 98 valence electrons. The minimum atomic E-state index is -0.568. The first-order chi connectivity index (χ1) is 8.58. The molecule has 1 aliphatic carbocycles. The Hall–Kier alpha value is -1.56. The van der Waals surface area contributed by atoms with Crippen molar-refractivity contribution in [1.82, 2.24) is 10.3 Å². The number of hydrogen-bond donors (Lipinski definition) is 2. The molecule has 2 N–H and O–H groups in total. The van der Waals surface area contributed by atoms with Gasteiger partial charge in [-0.05, 0) is 23.8 Å². The van der Waals surface area contributed by atoms with Gasteiger partial charge in [-0.2, -0.15) is 0 Å². The number of H-pyrrole nitrogens is 1. The number of aromatic amines is 1. The lowest BCUT2D eigenvalue weighted by Crippen LogP contribution is -2.42. The summed E-state index contributed by atoms with van der Waals surface area (Å²) in [5.41, 5.74) is 0.191. The van der Waals surface area contributed by atoms with Gasteiger partial charge in [0.1, 0.15) is 0 Å². The van der Waals surface area contributed by atoms with E-state index in [0.29, 0.717) is 0 Å². The van der Waals surface area contributed by atoms with Gasteiger partial charge in [-0.3, -0.25) is 4.79 Å². The summed E-state index contributed by atoms with van der Waals surface area (Å²) < 4.78 is 0. The maximum atomic E-state index is 11.9. The van der Waals surface area contributed by atoms with Gasteiger partial charge in [-0.25, -0.2) is 4.98 Å². The highest BCUT2D eigenvalue weighted by molar-refractivity contribution is 6.21. The summed E-state index contributed by atoms with van der Waals surface area (Å²) in [6.45, 7) is 0. The fourth-order valence-electron chi connectivity index (χ4n) is 2.12. The minimum Gasteiger partial charge on any atom is -0.358 e. The topological polar surface area (TPSA) is 88.0 Å². The highest BCUT2D eigenvalue weighted by Crippen LogP contribution is 2.23. The molecular formula is C11H14ClN3O3. The van der Waals surface area contributed by atoms with Crippen molar-refractivity contribution in [3.05, 3.63) is 27.9 Å². The van der Waals surface area contributed by atoms with E-state index in [1.54, 1.807) is 0 Å². The SMILES string of the molecule is O=C(NC1CCCCC1Cl)c1ccc([N+](=O)[O-])[nH]1. The molecule has 1 amide bonds. The molecule has 0 bridgehead atoms. The van der Waals surface area contributed by atoms with E-state index in [-0.39, 0.29) is 28.8 Å². The van der Waals surface area contributed by atoms with Crippen LogP contribution in [0.1, 0.15) is 36.2 Å². The molecule has 0 aliphatic heterocycles. The molecule has 0 radical (unpaired) electrons. The number of nitrogens with one attached hydrogen (secondary N) is 2. The second kappa shape index (κ2) is 5.39. The van der Waals surface area contributed by atoms with Gasteiger partial charge < -0.3 is 15.4 Å². The maximum Gasteiger partial charge on any atom is 0.321 e. The summed E-state index contributed by atoms with van der Waals surface area (Å²) in [6.07, 6.45) is 3.85. The van der Waals surface area contributed by atoms with Gasteiger partial charge in [0.15, 0.2) is 5.69 Å². The van der Waals surface area contributed by atoms with E-state index in [0.717, 1.165) is 25.7 Å². The third-order valence-electron chi connectivity index (χ3n) is 3.11. The number of hydrogen-bond acceptors (Lipinski definition) is 3. The Morgan fingerprint density at radius 1 is 1.44 bits per heavy atom. The lowest BCUT2D eigenvalue weighted by molar-refractivity contribution is -0.389. The van der Waals surface area contributed by atoms with Crippen LogP contribution in [0.3, 0.4) is 0 Å². The van der Waals surface area contributed by atoms with Gasteiger partial charge in [-0.1, -0.05) is 12.8 Å². The summed E-state index contributed by atoms with van der Waals surface area (Å²) in [6, 6.07) is 2.61. The Kier molecular flexibility index (Phi) is 3.86. The number of amides is 1. The Labute approximate surface area is 109 Å². The minimum absolute atomic E-state index is 0.0599. The van der Waals surface area contributed by atoms with Gasteiger partial charge in [-0.15, -0.1) is 11.6 Å². The quantitative estimate of drug-likeness (QED) is 0.502. The van der Waals surface area contributed by atoms with E-state index in [9.17, 15) is 14.9 Å². The number of nitro groups is 1. The third kappa shape index (κ3) is 2.81. The Morgan fingerprint density at radius 3 is 2.78 bits per heavy atom. The molecule has 1 heterocycles. The van der Waals surface area contributed by atoms with Crippen LogP contribution in [0, 0.1) is 10.1 Å². The standard InChI is InChI=1S/C11H14ClN3O3/c12-7-3-1-2-4-8(7)14-11(16)9-5-6-10(13-9)15(17)18/h5-8,13H,1-4H2,(H,14,16). The molecule has 0 spiro atoms. The van der Waals surface area contributed by atoms with Gasteiger partial charge >= 0.3 is 5.82 Å². The van der Waals surface area contributed by atoms with Crippen LogP contribution >= 0.6 is 11.6 Å². The van der Waals surface area contributed by atoms with Crippen molar-refractivity contribution >= 4 is 23.3 Å². The molecule has 0 aromatic carbocycles. The zero-order valence-electron chi connectivity index (χ0n) is 9.69. The van der Waals surface area contributed by atoms with Crippen molar-refractivity contribution in [1.29, 1.82) is 0 Å². The summed E-state index contributed by atoms with van der Waals surface area (Å²) >= 11 is 6.14. The molecule has 1 fully saturated rings. The summed E-state index contributed by atoms with van der Waals surface area (Å²) in [5, 5.41) is 13.3. The normalized spacial score (nSPS) is 23.6. The molecule has 2 atom stereocenters. The summed E-state index contributed by atoms with van der Waals surface area (Å²) in [7, 11) is 0. The number of carbonyl (C=O) groups is 1. The molecule has 18 heavy (non-hydrogen) atoms. The van der Waals surface area contributed by atoms with Crippen molar-refractivity contribution in [3.63, 3.8) is 0 Å². The van der Waals surface area contributed by atoms with Gasteiger partial charge in [0.2, 0.25) is 0 Å². The molecule has 0 saturated heterocycles. The molecule has 1 aliphatic rings. The van der Waals surface area contributed by atoms with Crippen LogP contribution in [0.5, 0.6) is 0 Å². The predicted molar refractivity (Wildman–Crippen MR) is 66.8 cm³/mol. The van der Waals surface area contributed by atoms with Crippen LogP contribution in [0.25, 0.3) is 0 Å². The van der Waals surface area contributed by atoms with E-state index in [4.69, 9.17) is 11.6 Å². The zero-order chi connectivity index (χ0) is 13.1. The summed E-state index contributed by atoms with van der Waals surface area (Å²) in [4.78, 5) is 24.3. The zero-order valence-corrected chi connectivity index (χ0v) is 10.4.